The maximum Gasteiger partial charge on any atom is 0.261 e. The average Bonchev–Trinajstić information content (AvgIpc) is 2.81. The van der Waals surface area contributed by atoms with Gasteiger partial charge in [0, 0.05) is 19.2 Å². The van der Waals surface area contributed by atoms with E-state index >= 15 is 0 Å². The monoisotopic (exact) mass is 487 g/mol. The molecule has 0 saturated carbocycles. The van der Waals surface area contributed by atoms with Crippen LogP contribution >= 0.6 is 11.6 Å². The Morgan fingerprint density at radius 3 is 2.30 bits per heavy atom. The first kappa shape index (κ1) is 24.2. The SMILES string of the molecule is COCCNC(=O)c1ccccc1NC(=O)c1ccc(NS(=O)(=O)c2ccccc2)c(Cl)c1. The number of hydrogen-bond donors (Lipinski definition) is 3. The zero-order valence-electron chi connectivity index (χ0n) is 17.7. The number of hydrogen-bond acceptors (Lipinski definition) is 5. The van der Waals surface area contributed by atoms with Gasteiger partial charge in [-0.1, -0.05) is 41.9 Å². The van der Waals surface area contributed by atoms with E-state index in [9.17, 15) is 18.0 Å². The first-order valence-corrected chi connectivity index (χ1v) is 11.7. The number of anilines is 2. The molecule has 33 heavy (non-hydrogen) atoms. The maximum atomic E-state index is 12.8. The quantitative estimate of drug-likeness (QED) is 0.397. The van der Waals surface area contributed by atoms with Crippen LogP contribution < -0.4 is 15.4 Å². The number of amides is 2. The van der Waals surface area contributed by atoms with Gasteiger partial charge in [-0.05, 0) is 42.5 Å². The van der Waals surface area contributed by atoms with E-state index in [1.165, 1.54) is 37.4 Å². The standard InChI is InChI=1S/C23H22ClN3O5S/c1-32-14-13-25-23(29)18-9-5-6-10-20(18)26-22(28)16-11-12-21(19(24)15-16)27-33(30,31)17-7-3-2-4-8-17/h2-12,15,27H,13-14H2,1H3,(H,25,29)(H,26,28). The first-order valence-electron chi connectivity index (χ1n) is 9.87. The largest absolute Gasteiger partial charge is 0.383 e. The van der Waals surface area contributed by atoms with Crippen molar-refractivity contribution in [3.8, 4) is 0 Å². The van der Waals surface area contributed by atoms with Crippen LogP contribution in [0.4, 0.5) is 11.4 Å². The lowest BCUT2D eigenvalue weighted by Crippen LogP contribution is -2.28. The minimum atomic E-state index is -3.83. The van der Waals surface area contributed by atoms with E-state index in [0.717, 1.165) is 0 Å². The Hall–Kier alpha value is -3.40. The van der Waals surface area contributed by atoms with Crippen molar-refractivity contribution in [2.24, 2.45) is 0 Å². The van der Waals surface area contributed by atoms with Gasteiger partial charge >= 0.3 is 0 Å². The lowest BCUT2D eigenvalue weighted by molar-refractivity contribution is 0.0938. The minimum absolute atomic E-state index is 0.0488. The molecule has 8 nitrogen and oxygen atoms in total. The summed E-state index contributed by atoms with van der Waals surface area (Å²) in [7, 11) is -2.30. The molecule has 0 spiro atoms. The molecule has 0 unspecified atom stereocenters. The van der Waals surface area contributed by atoms with Gasteiger partial charge in [-0.3, -0.25) is 14.3 Å². The minimum Gasteiger partial charge on any atom is -0.383 e. The summed E-state index contributed by atoms with van der Waals surface area (Å²) in [5.41, 5.74) is 0.940. The number of nitrogens with one attached hydrogen (secondary N) is 3. The molecule has 2 amide bonds. The van der Waals surface area contributed by atoms with E-state index in [1.807, 2.05) is 0 Å². The van der Waals surface area contributed by atoms with Crippen LogP contribution in [0.2, 0.25) is 5.02 Å². The Bertz CT molecular complexity index is 1250. The number of ether oxygens (including phenoxy) is 1. The third-order valence-electron chi connectivity index (χ3n) is 4.54. The van der Waals surface area contributed by atoms with Gasteiger partial charge in [0.2, 0.25) is 0 Å². The zero-order chi connectivity index (χ0) is 23.8. The number of halogens is 1. The summed E-state index contributed by atoms with van der Waals surface area (Å²) in [6.45, 7) is 0.687. The number of carbonyl (C=O) groups excluding carboxylic acids is 2. The topological polar surface area (TPSA) is 114 Å². The van der Waals surface area contributed by atoms with Gasteiger partial charge in [0.1, 0.15) is 0 Å². The molecule has 10 heteroatoms. The van der Waals surface area contributed by atoms with Crippen LogP contribution in [0.3, 0.4) is 0 Å². The van der Waals surface area contributed by atoms with Crippen LogP contribution in [0.25, 0.3) is 0 Å². The van der Waals surface area contributed by atoms with Gasteiger partial charge in [0.05, 0.1) is 33.5 Å². The number of carbonyl (C=O) groups is 2. The molecule has 3 aromatic carbocycles. The molecule has 0 radical (unpaired) electrons. The van der Waals surface area contributed by atoms with Crippen molar-refractivity contribution in [3.05, 3.63) is 88.9 Å². The van der Waals surface area contributed by atoms with Crippen molar-refractivity contribution >= 4 is 44.8 Å². The predicted octanol–water partition coefficient (Wildman–Crippen LogP) is 3.77. The summed E-state index contributed by atoms with van der Waals surface area (Å²) >= 11 is 6.24. The molecular formula is C23H22ClN3O5S. The molecule has 0 heterocycles. The molecular weight excluding hydrogens is 466 g/mol. The molecule has 172 valence electrons. The van der Waals surface area contributed by atoms with Crippen molar-refractivity contribution in [1.82, 2.24) is 5.32 Å². The number of benzene rings is 3. The van der Waals surface area contributed by atoms with Crippen molar-refractivity contribution in [2.75, 3.05) is 30.3 Å². The second-order valence-corrected chi connectivity index (χ2v) is 8.95. The van der Waals surface area contributed by atoms with Crippen LogP contribution in [0, 0.1) is 0 Å². The molecule has 0 aliphatic rings. The normalized spacial score (nSPS) is 11.0. The summed E-state index contributed by atoms with van der Waals surface area (Å²) in [6, 6.07) is 18.6. The predicted molar refractivity (Wildman–Crippen MR) is 127 cm³/mol. The average molecular weight is 488 g/mol. The van der Waals surface area contributed by atoms with Gasteiger partial charge in [-0.25, -0.2) is 8.42 Å². The van der Waals surface area contributed by atoms with E-state index in [2.05, 4.69) is 15.4 Å². The Kier molecular flexibility index (Phi) is 8.05. The number of methoxy groups -OCH3 is 1. The van der Waals surface area contributed by atoms with Crippen molar-refractivity contribution < 1.29 is 22.7 Å². The molecule has 0 atom stereocenters. The third kappa shape index (κ3) is 6.32. The fourth-order valence-corrected chi connectivity index (χ4v) is 4.27. The molecule has 3 rings (SSSR count). The summed E-state index contributed by atoms with van der Waals surface area (Å²) in [5, 5.41) is 5.44. The summed E-state index contributed by atoms with van der Waals surface area (Å²) in [4.78, 5) is 25.2. The first-order chi connectivity index (χ1) is 15.8. The molecule has 3 N–H and O–H groups in total. The third-order valence-corrected chi connectivity index (χ3v) is 6.23. The van der Waals surface area contributed by atoms with Gasteiger partial charge in [-0.15, -0.1) is 0 Å². The highest BCUT2D eigenvalue weighted by Gasteiger charge is 2.18. The Morgan fingerprint density at radius 2 is 1.61 bits per heavy atom. The summed E-state index contributed by atoms with van der Waals surface area (Å²) in [5.74, 6) is -0.863. The maximum absolute atomic E-state index is 12.8. The fourth-order valence-electron chi connectivity index (χ4n) is 2.89. The fraction of sp³-hybridized carbons (Fsp3) is 0.130. The molecule has 0 aliphatic heterocycles. The van der Waals surface area contributed by atoms with Crippen LogP contribution in [0.15, 0.2) is 77.7 Å². The Balaban J connectivity index is 1.75. The van der Waals surface area contributed by atoms with Gasteiger partial charge in [0.15, 0.2) is 0 Å². The Labute approximate surface area is 197 Å². The van der Waals surface area contributed by atoms with Gasteiger partial charge < -0.3 is 15.4 Å². The summed E-state index contributed by atoms with van der Waals surface area (Å²) in [6.07, 6.45) is 0. The lowest BCUT2D eigenvalue weighted by atomic mass is 10.1. The smallest absolute Gasteiger partial charge is 0.261 e. The number of rotatable bonds is 9. The molecule has 3 aromatic rings. The van der Waals surface area contributed by atoms with E-state index < -0.39 is 15.9 Å². The van der Waals surface area contributed by atoms with E-state index in [-0.39, 0.29) is 27.1 Å². The summed E-state index contributed by atoms with van der Waals surface area (Å²) < 4.78 is 32.4. The second-order valence-electron chi connectivity index (χ2n) is 6.86. The second kappa shape index (κ2) is 11.0. The highest BCUT2D eigenvalue weighted by Crippen LogP contribution is 2.26. The van der Waals surface area contributed by atoms with Gasteiger partial charge in [0.25, 0.3) is 21.8 Å². The molecule has 0 fully saturated rings. The van der Waals surface area contributed by atoms with Crippen LogP contribution in [-0.2, 0) is 14.8 Å². The number of para-hydroxylation sites is 1. The molecule has 0 bridgehead atoms. The van der Waals surface area contributed by atoms with Crippen molar-refractivity contribution in [3.63, 3.8) is 0 Å². The molecule has 0 aromatic heterocycles. The van der Waals surface area contributed by atoms with Gasteiger partial charge in [-0.2, -0.15) is 0 Å². The zero-order valence-corrected chi connectivity index (χ0v) is 19.2. The van der Waals surface area contributed by atoms with Crippen LogP contribution in [0.5, 0.6) is 0 Å². The van der Waals surface area contributed by atoms with Crippen LogP contribution in [0.1, 0.15) is 20.7 Å². The highest BCUT2D eigenvalue weighted by atomic mass is 35.5. The molecule has 0 saturated heterocycles. The van der Waals surface area contributed by atoms with E-state index in [4.69, 9.17) is 16.3 Å². The number of sulfonamides is 1. The molecule has 0 aliphatic carbocycles. The van der Waals surface area contributed by atoms with Crippen molar-refractivity contribution in [2.45, 2.75) is 4.90 Å². The van der Waals surface area contributed by atoms with E-state index in [0.29, 0.717) is 24.4 Å². The van der Waals surface area contributed by atoms with E-state index in [1.54, 1.807) is 42.5 Å². The van der Waals surface area contributed by atoms with Crippen LogP contribution in [-0.4, -0.2) is 40.5 Å². The van der Waals surface area contributed by atoms with Crippen molar-refractivity contribution in [1.29, 1.82) is 0 Å². The highest BCUT2D eigenvalue weighted by molar-refractivity contribution is 7.92. The Morgan fingerprint density at radius 1 is 0.909 bits per heavy atom. The lowest BCUT2D eigenvalue weighted by Gasteiger charge is -2.13.